The molecule has 1 rings (SSSR count). The second-order valence-electron chi connectivity index (χ2n) is 1.39. The van der Waals surface area contributed by atoms with Crippen LogP contribution in [0.2, 0.25) is 0 Å². The van der Waals surface area contributed by atoms with Crippen molar-refractivity contribution in [1.82, 2.24) is 10.5 Å². The van der Waals surface area contributed by atoms with Crippen LogP contribution in [0.15, 0.2) is 12.3 Å². The molecule has 0 spiro atoms. The second kappa shape index (κ2) is 1.49. The summed E-state index contributed by atoms with van der Waals surface area (Å²) in [7, 11) is 0. The maximum absolute atomic E-state index is 5.33. The third kappa shape index (κ3) is 0.714. The van der Waals surface area contributed by atoms with Gasteiger partial charge in [0.2, 0.25) is 0 Å². The second-order valence-corrected chi connectivity index (χ2v) is 1.39. The molecular formula is C3H8N4. The highest BCUT2D eigenvalue weighted by Gasteiger charge is 2.07. The van der Waals surface area contributed by atoms with Gasteiger partial charge in [-0.3, -0.25) is 0 Å². The first-order valence-corrected chi connectivity index (χ1v) is 2.03. The van der Waals surface area contributed by atoms with Crippen LogP contribution in [-0.4, -0.2) is 11.3 Å². The standard InChI is InChI=1S/C3H8N4/c4-3-1-2-6-7(3)5/h1-3,6H,4-5H2. The van der Waals surface area contributed by atoms with Gasteiger partial charge in [0.15, 0.2) is 0 Å². The number of rotatable bonds is 0. The molecule has 7 heavy (non-hydrogen) atoms. The van der Waals surface area contributed by atoms with Crippen LogP contribution in [-0.2, 0) is 0 Å². The Labute approximate surface area is 41.7 Å². The Hall–Kier alpha value is -0.580. The summed E-state index contributed by atoms with van der Waals surface area (Å²) in [5.74, 6) is 5.21. The number of nitrogens with one attached hydrogen (secondary N) is 1. The van der Waals surface area contributed by atoms with Crippen molar-refractivity contribution in [3.05, 3.63) is 12.3 Å². The van der Waals surface area contributed by atoms with Crippen molar-refractivity contribution >= 4 is 0 Å². The van der Waals surface area contributed by atoms with E-state index in [9.17, 15) is 0 Å². The molecule has 0 aromatic carbocycles. The molecule has 40 valence electrons. The van der Waals surface area contributed by atoms with E-state index in [2.05, 4.69) is 5.43 Å². The molecule has 0 saturated carbocycles. The lowest BCUT2D eigenvalue weighted by atomic mass is 10.5. The average Bonchev–Trinajstić information content (AvgIpc) is 1.91. The van der Waals surface area contributed by atoms with Gasteiger partial charge in [0.1, 0.15) is 6.17 Å². The smallest absolute Gasteiger partial charge is 0.112 e. The largest absolute Gasteiger partial charge is 0.312 e. The summed E-state index contributed by atoms with van der Waals surface area (Å²) in [6.07, 6.45) is 3.30. The molecule has 0 amide bonds. The minimum Gasteiger partial charge on any atom is -0.312 e. The van der Waals surface area contributed by atoms with Crippen LogP contribution >= 0.6 is 0 Å². The Morgan fingerprint density at radius 2 is 2.43 bits per heavy atom. The first-order chi connectivity index (χ1) is 3.30. The van der Waals surface area contributed by atoms with Crippen LogP contribution in [0, 0.1) is 0 Å². The Kier molecular flexibility index (Phi) is 0.976. The highest BCUT2D eigenvalue weighted by atomic mass is 15.7. The van der Waals surface area contributed by atoms with E-state index < -0.39 is 0 Å². The molecule has 0 aromatic rings. The summed E-state index contributed by atoms with van der Waals surface area (Å²) in [4.78, 5) is 0. The predicted molar refractivity (Wildman–Crippen MR) is 26.3 cm³/mol. The summed E-state index contributed by atoms with van der Waals surface area (Å²) in [6.45, 7) is 0. The topological polar surface area (TPSA) is 67.3 Å². The first-order valence-electron chi connectivity index (χ1n) is 2.03. The van der Waals surface area contributed by atoms with Gasteiger partial charge >= 0.3 is 0 Å². The van der Waals surface area contributed by atoms with Crippen molar-refractivity contribution in [1.29, 1.82) is 0 Å². The molecule has 5 N–H and O–H groups in total. The van der Waals surface area contributed by atoms with Gasteiger partial charge in [-0.05, 0) is 6.08 Å². The molecule has 4 heteroatoms. The highest BCUT2D eigenvalue weighted by molar-refractivity contribution is 4.93. The van der Waals surface area contributed by atoms with E-state index in [1.807, 2.05) is 0 Å². The molecule has 0 aromatic heterocycles. The van der Waals surface area contributed by atoms with E-state index in [1.165, 1.54) is 5.12 Å². The zero-order valence-corrected chi connectivity index (χ0v) is 3.83. The number of nitrogens with two attached hydrogens (primary N) is 2. The van der Waals surface area contributed by atoms with Crippen LogP contribution < -0.4 is 17.0 Å². The van der Waals surface area contributed by atoms with Crippen LogP contribution in [0.4, 0.5) is 0 Å². The molecule has 1 unspecified atom stereocenters. The number of nitrogens with zero attached hydrogens (tertiary/aromatic N) is 1. The molecule has 0 radical (unpaired) electrons. The SMILES string of the molecule is NC1C=CNN1N. The van der Waals surface area contributed by atoms with E-state index in [0.29, 0.717) is 0 Å². The van der Waals surface area contributed by atoms with Gasteiger partial charge < -0.3 is 11.2 Å². The Balaban J connectivity index is 2.45. The maximum Gasteiger partial charge on any atom is 0.112 e. The lowest BCUT2D eigenvalue weighted by Gasteiger charge is -2.12. The van der Waals surface area contributed by atoms with Crippen LogP contribution in [0.3, 0.4) is 0 Å². The van der Waals surface area contributed by atoms with Gasteiger partial charge in [-0.2, -0.15) is 0 Å². The minimum atomic E-state index is -0.167. The van der Waals surface area contributed by atoms with Crippen molar-refractivity contribution < 1.29 is 0 Å². The zero-order valence-electron chi connectivity index (χ0n) is 3.83. The zero-order chi connectivity index (χ0) is 5.28. The molecule has 1 atom stereocenters. The van der Waals surface area contributed by atoms with E-state index >= 15 is 0 Å². The number of hydrazine groups is 2. The van der Waals surface area contributed by atoms with Crippen LogP contribution in [0.1, 0.15) is 0 Å². The third-order valence-corrected chi connectivity index (χ3v) is 0.838. The van der Waals surface area contributed by atoms with Crippen molar-refractivity contribution in [2.75, 3.05) is 0 Å². The highest BCUT2D eigenvalue weighted by Crippen LogP contribution is 1.88. The van der Waals surface area contributed by atoms with Gasteiger partial charge in [0.05, 0.1) is 0 Å². The quantitative estimate of drug-likeness (QED) is 0.323. The monoisotopic (exact) mass is 100 g/mol. The molecule has 1 aliphatic heterocycles. The fourth-order valence-electron chi connectivity index (χ4n) is 0.406. The maximum atomic E-state index is 5.33. The Morgan fingerprint density at radius 3 is 2.57 bits per heavy atom. The summed E-state index contributed by atoms with van der Waals surface area (Å²) in [5.41, 5.74) is 8.00. The van der Waals surface area contributed by atoms with Crippen LogP contribution in [0.5, 0.6) is 0 Å². The van der Waals surface area contributed by atoms with Crippen molar-refractivity contribution in [2.24, 2.45) is 11.6 Å². The van der Waals surface area contributed by atoms with Crippen LogP contribution in [0.25, 0.3) is 0 Å². The van der Waals surface area contributed by atoms with Crippen molar-refractivity contribution in [3.63, 3.8) is 0 Å². The van der Waals surface area contributed by atoms with Gasteiger partial charge in [0, 0.05) is 6.20 Å². The predicted octanol–water partition coefficient (Wildman–Crippen LogP) is -1.52. The van der Waals surface area contributed by atoms with Crippen molar-refractivity contribution in [2.45, 2.75) is 6.17 Å². The Morgan fingerprint density at radius 1 is 1.71 bits per heavy atom. The molecule has 0 aliphatic carbocycles. The van der Waals surface area contributed by atoms with Gasteiger partial charge in [0.25, 0.3) is 0 Å². The molecule has 0 fully saturated rings. The fourth-order valence-corrected chi connectivity index (χ4v) is 0.406. The number of hydrogen-bond acceptors (Lipinski definition) is 4. The first kappa shape index (κ1) is 4.58. The van der Waals surface area contributed by atoms with E-state index in [0.717, 1.165) is 0 Å². The van der Waals surface area contributed by atoms with Gasteiger partial charge in [-0.25, -0.2) is 5.84 Å². The summed E-state index contributed by atoms with van der Waals surface area (Å²) in [5, 5.41) is 1.32. The van der Waals surface area contributed by atoms with E-state index in [-0.39, 0.29) is 6.17 Å². The van der Waals surface area contributed by atoms with Crippen molar-refractivity contribution in [3.8, 4) is 0 Å². The number of hydrogen-bond donors (Lipinski definition) is 3. The van der Waals surface area contributed by atoms with E-state index in [4.69, 9.17) is 11.6 Å². The lowest BCUT2D eigenvalue weighted by Crippen LogP contribution is -2.47. The normalized spacial score (nSPS) is 30.9. The third-order valence-electron chi connectivity index (χ3n) is 0.838. The molecule has 0 saturated heterocycles. The fraction of sp³-hybridized carbons (Fsp3) is 0.333. The summed E-state index contributed by atoms with van der Waals surface area (Å²) < 4.78 is 0. The molecular weight excluding hydrogens is 92.1 g/mol. The Bertz CT molecular complexity index is 88.9. The van der Waals surface area contributed by atoms with Gasteiger partial charge in [-0.15, -0.1) is 5.12 Å². The molecule has 1 heterocycles. The molecule has 0 bridgehead atoms. The molecule has 4 nitrogen and oxygen atoms in total. The molecule has 1 aliphatic rings. The van der Waals surface area contributed by atoms with E-state index in [1.54, 1.807) is 12.3 Å². The summed E-state index contributed by atoms with van der Waals surface area (Å²) in [6, 6.07) is 0. The summed E-state index contributed by atoms with van der Waals surface area (Å²) >= 11 is 0. The average molecular weight is 100 g/mol. The minimum absolute atomic E-state index is 0.167. The lowest BCUT2D eigenvalue weighted by molar-refractivity contribution is 0.210. The van der Waals surface area contributed by atoms with Gasteiger partial charge in [-0.1, -0.05) is 0 Å².